The molecule has 0 unspecified atom stereocenters. The monoisotopic (exact) mass is 488 g/mol. The van der Waals surface area contributed by atoms with Gasteiger partial charge in [-0.15, -0.1) is 24.0 Å². The molecule has 0 spiro atoms. The molecule has 0 radical (unpaired) electrons. The first-order valence-corrected chi connectivity index (χ1v) is 10.1. The van der Waals surface area contributed by atoms with E-state index in [9.17, 15) is 0 Å². The lowest BCUT2D eigenvalue weighted by atomic mass is 10.1. The first kappa shape index (κ1) is 23.9. The van der Waals surface area contributed by atoms with E-state index in [-0.39, 0.29) is 24.0 Å². The molecule has 6 nitrogen and oxygen atoms in total. The molecule has 0 bridgehead atoms. The third kappa shape index (κ3) is 9.60. The van der Waals surface area contributed by atoms with Gasteiger partial charge in [-0.2, -0.15) is 0 Å². The van der Waals surface area contributed by atoms with E-state index in [0.717, 1.165) is 50.5 Å². The van der Waals surface area contributed by atoms with Crippen molar-refractivity contribution in [3.63, 3.8) is 0 Å². The molecule has 154 valence electrons. The summed E-state index contributed by atoms with van der Waals surface area (Å²) in [6, 6.07) is 4.20. The van der Waals surface area contributed by atoms with Gasteiger partial charge in [0, 0.05) is 38.9 Å². The lowest BCUT2D eigenvalue weighted by Gasteiger charge is -2.33. The van der Waals surface area contributed by atoms with E-state index < -0.39 is 0 Å². The fourth-order valence-corrected chi connectivity index (χ4v) is 3.09. The van der Waals surface area contributed by atoms with E-state index in [1.54, 1.807) is 0 Å². The molecule has 27 heavy (non-hydrogen) atoms. The SMILES string of the molecule is CCCCCCCCNC(N)=NCc1ccc(N2CCN(C)CC2)nc1.I. The van der Waals surface area contributed by atoms with E-state index in [4.69, 9.17) is 5.73 Å². The molecular formula is C20H37IN6. The Morgan fingerprint density at radius 2 is 1.81 bits per heavy atom. The Balaban J connectivity index is 0.00000364. The number of piperazine rings is 1. The predicted molar refractivity (Wildman–Crippen MR) is 126 cm³/mol. The van der Waals surface area contributed by atoms with Gasteiger partial charge < -0.3 is 20.9 Å². The maximum atomic E-state index is 5.95. The molecule has 0 saturated carbocycles. The first-order valence-electron chi connectivity index (χ1n) is 10.1. The summed E-state index contributed by atoms with van der Waals surface area (Å²) in [5, 5.41) is 3.21. The van der Waals surface area contributed by atoms with Crippen molar-refractivity contribution in [3.8, 4) is 0 Å². The molecule has 0 aromatic carbocycles. The highest BCUT2D eigenvalue weighted by Gasteiger charge is 2.14. The Labute approximate surface area is 182 Å². The van der Waals surface area contributed by atoms with E-state index >= 15 is 0 Å². The number of likely N-dealkylation sites (N-methyl/N-ethyl adjacent to an activating group) is 1. The number of hydrogen-bond donors (Lipinski definition) is 2. The number of rotatable bonds is 10. The van der Waals surface area contributed by atoms with Crippen LogP contribution in [0, 0.1) is 0 Å². The molecule has 1 aliphatic heterocycles. The zero-order valence-corrected chi connectivity index (χ0v) is 19.3. The van der Waals surface area contributed by atoms with Crippen molar-refractivity contribution in [2.75, 3.05) is 44.7 Å². The lowest BCUT2D eigenvalue weighted by Crippen LogP contribution is -2.44. The summed E-state index contributed by atoms with van der Waals surface area (Å²) in [6.45, 7) is 7.98. The number of unbranched alkanes of at least 4 members (excludes halogenated alkanes) is 5. The van der Waals surface area contributed by atoms with E-state index in [0.29, 0.717) is 12.5 Å². The second-order valence-electron chi connectivity index (χ2n) is 7.21. The highest BCUT2D eigenvalue weighted by molar-refractivity contribution is 14.0. The van der Waals surface area contributed by atoms with Crippen molar-refractivity contribution < 1.29 is 0 Å². The van der Waals surface area contributed by atoms with Crippen molar-refractivity contribution in [3.05, 3.63) is 23.9 Å². The van der Waals surface area contributed by atoms with E-state index in [1.165, 1.54) is 32.1 Å². The van der Waals surface area contributed by atoms with Crippen molar-refractivity contribution in [1.82, 2.24) is 15.2 Å². The Morgan fingerprint density at radius 3 is 2.48 bits per heavy atom. The summed E-state index contributed by atoms with van der Waals surface area (Å²) in [6.07, 6.45) is 9.63. The van der Waals surface area contributed by atoms with Gasteiger partial charge in [-0.1, -0.05) is 45.1 Å². The minimum Gasteiger partial charge on any atom is -0.370 e. The van der Waals surface area contributed by atoms with Gasteiger partial charge in [-0.25, -0.2) is 9.98 Å². The Bertz CT molecular complexity index is 526. The minimum absolute atomic E-state index is 0. The zero-order chi connectivity index (χ0) is 18.6. The Kier molecular flexibility index (Phi) is 12.4. The second kappa shape index (κ2) is 14.0. The quantitative estimate of drug-likeness (QED) is 0.229. The minimum atomic E-state index is 0. The number of pyridine rings is 1. The van der Waals surface area contributed by atoms with Gasteiger partial charge in [0.2, 0.25) is 0 Å². The van der Waals surface area contributed by atoms with Crippen molar-refractivity contribution in [2.45, 2.75) is 52.0 Å². The molecule has 1 fully saturated rings. The van der Waals surface area contributed by atoms with Gasteiger partial charge in [0.1, 0.15) is 5.82 Å². The second-order valence-corrected chi connectivity index (χ2v) is 7.21. The maximum Gasteiger partial charge on any atom is 0.188 e. The molecular weight excluding hydrogens is 451 g/mol. The number of nitrogens with two attached hydrogens (primary N) is 1. The number of nitrogens with zero attached hydrogens (tertiary/aromatic N) is 4. The van der Waals surface area contributed by atoms with Crippen LogP contribution in [0.5, 0.6) is 0 Å². The summed E-state index contributed by atoms with van der Waals surface area (Å²) < 4.78 is 0. The van der Waals surface area contributed by atoms with Crippen LogP contribution in [0.1, 0.15) is 51.0 Å². The van der Waals surface area contributed by atoms with Gasteiger partial charge in [-0.05, 0) is 25.1 Å². The predicted octanol–water partition coefficient (Wildman–Crippen LogP) is 3.22. The average Bonchev–Trinajstić information content (AvgIpc) is 2.67. The molecule has 2 heterocycles. The molecule has 2 rings (SSSR count). The largest absolute Gasteiger partial charge is 0.370 e. The Morgan fingerprint density at radius 1 is 1.11 bits per heavy atom. The standard InChI is InChI=1S/C20H36N6.HI/c1-3-4-5-6-7-8-11-22-20(21)24-17-18-9-10-19(23-16-18)26-14-12-25(2)13-15-26;/h9-10,16H,3-8,11-15,17H2,1-2H3,(H3,21,22,24);1H. The number of hydrogen-bond acceptors (Lipinski definition) is 4. The fraction of sp³-hybridized carbons (Fsp3) is 0.700. The number of anilines is 1. The molecule has 3 N–H and O–H groups in total. The molecule has 1 saturated heterocycles. The van der Waals surface area contributed by atoms with Crippen LogP contribution in [0.3, 0.4) is 0 Å². The van der Waals surface area contributed by atoms with Crippen LogP contribution in [-0.2, 0) is 6.54 Å². The van der Waals surface area contributed by atoms with Crippen LogP contribution < -0.4 is 16.0 Å². The molecule has 1 aromatic rings. The number of guanidine groups is 1. The van der Waals surface area contributed by atoms with Crippen LogP contribution in [0.4, 0.5) is 5.82 Å². The lowest BCUT2D eigenvalue weighted by molar-refractivity contribution is 0.312. The van der Waals surface area contributed by atoms with Gasteiger partial charge in [-0.3, -0.25) is 0 Å². The molecule has 1 aromatic heterocycles. The number of aliphatic imine (C=N–C) groups is 1. The van der Waals surface area contributed by atoms with Crippen LogP contribution in [-0.4, -0.2) is 55.6 Å². The molecule has 0 atom stereocenters. The van der Waals surface area contributed by atoms with Crippen LogP contribution in [0.25, 0.3) is 0 Å². The summed E-state index contributed by atoms with van der Waals surface area (Å²) in [4.78, 5) is 13.7. The Hall–Kier alpha value is -1.09. The number of nitrogens with one attached hydrogen (secondary N) is 1. The summed E-state index contributed by atoms with van der Waals surface area (Å²) in [7, 11) is 2.16. The zero-order valence-electron chi connectivity index (χ0n) is 17.0. The van der Waals surface area contributed by atoms with Crippen LogP contribution in [0.2, 0.25) is 0 Å². The smallest absolute Gasteiger partial charge is 0.188 e. The third-order valence-corrected chi connectivity index (χ3v) is 4.90. The van der Waals surface area contributed by atoms with E-state index in [1.807, 2.05) is 6.20 Å². The summed E-state index contributed by atoms with van der Waals surface area (Å²) >= 11 is 0. The van der Waals surface area contributed by atoms with Gasteiger partial charge in [0.15, 0.2) is 5.96 Å². The molecule has 0 amide bonds. The number of halogens is 1. The van der Waals surface area contributed by atoms with Crippen molar-refractivity contribution in [1.29, 1.82) is 0 Å². The van der Waals surface area contributed by atoms with Gasteiger partial charge in [0.05, 0.1) is 6.54 Å². The summed E-state index contributed by atoms with van der Waals surface area (Å²) in [5.74, 6) is 1.58. The highest BCUT2D eigenvalue weighted by atomic mass is 127. The fourth-order valence-electron chi connectivity index (χ4n) is 3.09. The molecule has 7 heteroatoms. The van der Waals surface area contributed by atoms with Crippen LogP contribution >= 0.6 is 24.0 Å². The van der Waals surface area contributed by atoms with Gasteiger partial charge >= 0.3 is 0 Å². The first-order chi connectivity index (χ1) is 12.7. The molecule has 1 aliphatic rings. The van der Waals surface area contributed by atoms with Crippen molar-refractivity contribution >= 4 is 35.8 Å². The molecule has 0 aliphatic carbocycles. The normalized spacial score (nSPS) is 15.5. The maximum absolute atomic E-state index is 5.95. The van der Waals surface area contributed by atoms with Crippen LogP contribution in [0.15, 0.2) is 23.3 Å². The third-order valence-electron chi connectivity index (χ3n) is 4.90. The van der Waals surface area contributed by atoms with Crippen molar-refractivity contribution in [2.24, 2.45) is 10.7 Å². The number of aromatic nitrogens is 1. The summed E-state index contributed by atoms with van der Waals surface area (Å²) in [5.41, 5.74) is 7.04. The topological polar surface area (TPSA) is 69.8 Å². The highest BCUT2D eigenvalue weighted by Crippen LogP contribution is 2.14. The van der Waals surface area contributed by atoms with Gasteiger partial charge in [0.25, 0.3) is 0 Å². The van der Waals surface area contributed by atoms with E-state index in [2.05, 4.69) is 51.2 Å². The average molecular weight is 488 g/mol.